The summed E-state index contributed by atoms with van der Waals surface area (Å²) >= 11 is 0. The fraction of sp³-hybridized carbons (Fsp3) is 0.533. The maximum absolute atomic E-state index is 12.5. The van der Waals surface area contributed by atoms with Crippen LogP contribution >= 0.6 is 0 Å². The van der Waals surface area contributed by atoms with Gasteiger partial charge in [0.25, 0.3) is 5.91 Å². The molecule has 0 unspecified atom stereocenters. The molecular formula is C15H21N5O3S. The monoisotopic (exact) mass is 351 g/mol. The van der Waals surface area contributed by atoms with Crippen LogP contribution in [0.3, 0.4) is 0 Å². The summed E-state index contributed by atoms with van der Waals surface area (Å²) in [6, 6.07) is 1.71. The van der Waals surface area contributed by atoms with E-state index in [0.717, 1.165) is 12.8 Å². The van der Waals surface area contributed by atoms with Crippen LogP contribution < -0.4 is 0 Å². The van der Waals surface area contributed by atoms with Crippen LogP contribution in [0.5, 0.6) is 0 Å². The molecule has 1 atom stereocenters. The third-order valence-corrected chi connectivity index (χ3v) is 5.46. The molecule has 1 aliphatic rings. The Kier molecular flexibility index (Phi) is 4.44. The summed E-state index contributed by atoms with van der Waals surface area (Å²) in [5.74, 6) is 0.126. The number of aromatic amines is 1. The number of nitrogens with one attached hydrogen (secondary N) is 1. The van der Waals surface area contributed by atoms with Gasteiger partial charge in [0.05, 0.1) is 11.9 Å². The summed E-state index contributed by atoms with van der Waals surface area (Å²) in [7, 11) is -1.52. The highest BCUT2D eigenvalue weighted by molar-refractivity contribution is 7.90. The molecule has 0 radical (unpaired) electrons. The van der Waals surface area contributed by atoms with E-state index in [0.29, 0.717) is 30.9 Å². The van der Waals surface area contributed by atoms with E-state index in [1.165, 1.54) is 12.5 Å². The highest BCUT2D eigenvalue weighted by atomic mass is 32.2. The lowest BCUT2D eigenvalue weighted by Gasteiger charge is -2.32. The number of carbonyl (C=O) groups is 1. The van der Waals surface area contributed by atoms with Crippen molar-refractivity contribution in [3.63, 3.8) is 0 Å². The Bertz CT molecular complexity index is 839. The molecule has 3 heterocycles. The standard InChI is InChI=1S/C15H21N5O3S/c1-19-7-5-12(18-19)15(21)20-6-3-4-11(10-20)8-13-14(9-16-17-13)24(2,22)23/h5,7,9,11H,3-4,6,8,10H2,1-2H3,(H,16,17)/t11-/m0/s1. The Hall–Kier alpha value is -2.16. The molecule has 1 aliphatic heterocycles. The van der Waals surface area contributed by atoms with Crippen LogP contribution in [0.15, 0.2) is 23.4 Å². The van der Waals surface area contributed by atoms with Crippen molar-refractivity contribution in [1.82, 2.24) is 24.9 Å². The van der Waals surface area contributed by atoms with E-state index in [1.54, 1.807) is 28.9 Å². The zero-order valence-electron chi connectivity index (χ0n) is 13.8. The molecule has 0 saturated carbocycles. The number of nitrogens with zero attached hydrogens (tertiary/aromatic N) is 4. The van der Waals surface area contributed by atoms with Crippen LogP contribution in [0, 0.1) is 5.92 Å². The van der Waals surface area contributed by atoms with Crippen molar-refractivity contribution in [1.29, 1.82) is 0 Å². The molecule has 9 heteroatoms. The highest BCUT2D eigenvalue weighted by Gasteiger charge is 2.27. The summed E-state index contributed by atoms with van der Waals surface area (Å²) < 4.78 is 25.2. The highest BCUT2D eigenvalue weighted by Crippen LogP contribution is 2.24. The first-order valence-corrected chi connectivity index (χ1v) is 9.75. The number of aryl methyl sites for hydroxylation is 1. The van der Waals surface area contributed by atoms with Gasteiger partial charge in [0.15, 0.2) is 9.84 Å². The molecular weight excluding hydrogens is 330 g/mol. The second kappa shape index (κ2) is 6.39. The van der Waals surface area contributed by atoms with Gasteiger partial charge in [0, 0.05) is 32.6 Å². The molecule has 2 aromatic rings. The van der Waals surface area contributed by atoms with E-state index in [9.17, 15) is 13.2 Å². The average molecular weight is 351 g/mol. The summed E-state index contributed by atoms with van der Waals surface area (Å²) in [5.41, 5.74) is 1.06. The minimum atomic E-state index is -3.30. The number of H-pyrrole nitrogens is 1. The molecule has 0 aliphatic carbocycles. The van der Waals surface area contributed by atoms with Crippen molar-refractivity contribution in [2.75, 3.05) is 19.3 Å². The normalized spacial score (nSPS) is 18.8. The summed E-state index contributed by atoms with van der Waals surface area (Å²) in [6.07, 6.45) is 6.69. The number of sulfone groups is 1. The first-order chi connectivity index (χ1) is 11.3. The smallest absolute Gasteiger partial charge is 0.274 e. The van der Waals surface area contributed by atoms with Crippen LogP contribution in [-0.4, -0.2) is 58.5 Å². The molecule has 24 heavy (non-hydrogen) atoms. The Morgan fingerprint density at radius 3 is 2.92 bits per heavy atom. The van der Waals surface area contributed by atoms with Gasteiger partial charge in [-0.25, -0.2) is 8.42 Å². The molecule has 1 fully saturated rings. The van der Waals surface area contributed by atoms with Gasteiger partial charge >= 0.3 is 0 Å². The maximum atomic E-state index is 12.5. The molecule has 3 rings (SSSR count). The fourth-order valence-corrected chi connectivity index (χ4v) is 3.98. The number of piperidine rings is 1. The Morgan fingerprint density at radius 2 is 2.25 bits per heavy atom. The van der Waals surface area contributed by atoms with Gasteiger partial charge in [0.2, 0.25) is 0 Å². The predicted molar refractivity (Wildman–Crippen MR) is 87.2 cm³/mol. The molecule has 2 aromatic heterocycles. The minimum Gasteiger partial charge on any atom is -0.337 e. The number of carbonyl (C=O) groups excluding carboxylic acids is 1. The molecule has 1 amide bonds. The van der Waals surface area contributed by atoms with Crippen molar-refractivity contribution in [3.8, 4) is 0 Å². The Morgan fingerprint density at radius 1 is 1.46 bits per heavy atom. The number of rotatable bonds is 4. The number of amides is 1. The third-order valence-electron chi connectivity index (χ3n) is 4.31. The lowest BCUT2D eigenvalue weighted by Crippen LogP contribution is -2.40. The first-order valence-electron chi connectivity index (χ1n) is 7.86. The maximum Gasteiger partial charge on any atom is 0.274 e. The molecule has 0 bridgehead atoms. The third kappa shape index (κ3) is 3.50. The quantitative estimate of drug-likeness (QED) is 0.871. The van der Waals surface area contributed by atoms with Gasteiger partial charge in [-0.05, 0) is 31.2 Å². The largest absolute Gasteiger partial charge is 0.337 e. The molecule has 0 aromatic carbocycles. The minimum absolute atomic E-state index is 0.0757. The van der Waals surface area contributed by atoms with E-state index >= 15 is 0 Å². The lowest BCUT2D eigenvalue weighted by atomic mass is 9.93. The number of aromatic nitrogens is 4. The Labute approximate surface area is 140 Å². The molecule has 8 nitrogen and oxygen atoms in total. The fourth-order valence-electron chi connectivity index (χ4n) is 3.16. The first kappa shape index (κ1) is 16.7. The average Bonchev–Trinajstić information content (AvgIpc) is 3.15. The van der Waals surface area contributed by atoms with Crippen molar-refractivity contribution in [3.05, 3.63) is 29.8 Å². The van der Waals surface area contributed by atoms with E-state index in [-0.39, 0.29) is 16.7 Å². The summed E-state index contributed by atoms with van der Waals surface area (Å²) in [4.78, 5) is 14.6. The van der Waals surface area contributed by atoms with Gasteiger partial charge in [-0.3, -0.25) is 14.6 Å². The lowest BCUT2D eigenvalue weighted by molar-refractivity contribution is 0.0665. The van der Waals surface area contributed by atoms with Gasteiger partial charge in [0.1, 0.15) is 10.6 Å². The van der Waals surface area contributed by atoms with Crippen molar-refractivity contribution in [2.24, 2.45) is 13.0 Å². The van der Waals surface area contributed by atoms with Crippen LogP contribution in [0.2, 0.25) is 0 Å². The number of hydrogen-bond acceptors (Lipinski definition) is 5. The Balaban J connectivity index is 1.70. The van der Waals surface area contributed by atoms with Crippen molar-refractivity contribution < 1.29 is 13.2 Å². The summed E-state index contributed by atoms with van der Waals surface area (Å²) in [5, 5.41) is 10.8. The van der Waals surface area contributed by atoms with Crippen LogP contribution in [-0.2, 0) is 23.3 Å². The zero-order valence-corrected chi connectivity index (χ0v) is 14.6. The topological polar surface area (TPSA) is 101 Å². The predicted octanol–water partition coefficient (Wildman–Crippen LogP) is 0.642. The SMILES string of the molecule is Cn1ccc(C(=O)N2CCC[C@@H](Cc3[nH]ncc3S(C)(=O)=O)C2)n1. The second-order valence-corrected chi connectivity index (χ2v) is 8.31. The van der Waals surface area contributed by atoms with Crippen molar-refractivity contribution in [2.45, 2.75) is 24.2 Å². The summed E-state index contributed by atoms with van der Waals surface area (Å²) in [6.45, 7) is 1.30. The van der Waals surface area contributed by atoms with Gasteiger partial charge in [-0.2, -0.15) is 10.2 Å². The van der Waals surface area contributed by atoms with Gasteiger partial charge in [-0.1, -0.05) is 0 Å². The molecule has 1 N–H and O–H groups in total. The molecule has 130 valence electrons. The van der Waals surface area contributed by atoms with E-state index in [2.05, 4.69) is 15.3 Å². The van der Waals surface area contributed by atoms with Crippen molar-refractivity contribution >= 4 is 15.7 Å². The molecule has 1 saturated heterocycles. The van der Waals surface area contributed by atoms with Crippen LogP contribution in [0.25, 0.3) is 0 Å². The number of hydrogen-bond donors (Lipinski definition) is 1. The van der Waals surface area contributed by atoms with Crippen LogP contribution in [0.4, 0.5) is 0 Å². The second-order valence-electron chi connectivity index (χ2n) is 6.32. The van der Waals surface area contributed by atoms with E-state index in [4.69, 9.17) is 0 Å². The van der Waals surface area contributed by atoms with Gasteiger partial charge in [-0.15, -0.1) is 0 Å². The zero-order chi connectivity index (χ0) is 17.3. The molecule has 0 spiro atoms. The van der Waals surface area contributed by atoms with E-state index in [1.807, 2.05) is 0 Å². The number of likely N-dealkylation sites (tertiary alicyclic amines) is 1. The van der Waals surface area contributed by atoms with Gasteiger partial charge < -0.3 is 4.90 Å². The van der Waals surface area contributed by atoms with E-state index < -0.39 is 9.84 Å². The van der Waals surface area contributed by atoms with Crippen LogP contribution in [0.1, 0.15) is 29.0 Å².